The molecule has 2 aromatic heterocycles. The monoisotopic (exact) mass is 477 g/mol. The minimum atomic E-state index is -4.59. The van der Waals surface area contributed by atoms with Crippen molar-refractivity contribution in [3.63, 3.8) is 0 Å². The number of halogens is 3. The van der Waals surface area contributed by atoms with Gasteiger partial charge in [0.05, 0.1) is 24.6 Å². The van der Waals surface area contributed by atoms with Crippen LogP contribution in [0.15, 0.2) is 39.8 Å². The van der Waals surface area contributed by atoms with Crippen LogP contribution in [-0.4, -0.2) is 23.3 Å². The van der Waals surface area contributed by atoms with Crippen molar-refractivity contribution in [1.29, 1.82) is 5.26 Å². The van der Waals surface area contributed by atoms with Gasteiger partial charge >= 0.3 is 6.18 Å². The van der Waals surface area contributed by atoms with Gasteiger partial charge in [-0.15, -0.1) is 23.1 Å². The van der Waals surface area contributed by atoms with Crippen molar-refractivity contribution in [3.8, 4) is 11.8 Å². The number of thiazole rings is 1. The lowest BCUT2D eigenvalue weighted by atomic mass is 10.1. The lowest BCUT2D eigenvalue weighted by Crippen LogP contribution is -2.10. The molecule has 166 valence electrons. The molecule has 0 fully saturated rings. The van der Waals surface area contributed by atoms with Crippen LogP contribution in [0.1, 0.15) is 33.6 Å². The lowest BCUT2D eigenvalue weighted by molar-refractivity contribution is -0.141. The third-order valence-corrected chi connectivity index (χ3v) is 6.14. The van der Waals surface area contributed by atoms with Gasteiger partial charge < -0.3 is 4.74 Å². The second-order valence-electron chi connectivity index (χ2n) is 6.64. The smallest absolute Gasteiger partial charge is 0.433 e. The van der Waals surface area contributed by atoms with Crippen molar-refractivity contribution in [2.24, 2.45) is 5.10 Å². The maximum absolute atomic E-state index is 13.2. The van der Waals surface area contributed by atoms with Crippen LogP contribution in [0.25, 0.3) is 0 Å². The molecule has 0 radical (unpaired) electrons. The number of rotatable bonds is 7. The van der Waals surface area contributed by atoms with E-state index in [-0.39, 0.29) is 21.9 Å². The number of hydrogen-bond acceptors (Lipinski definition) is 8. The lowest BCUT2D eigenvalue weighted by Gasteiger charge is -2.13. The molecule has 32 heavy (non-hydrogen) atoms. The summed E-state index contributed by atoms with van der Waals surface area (Å²) in [5.74, 6) is 0.826. The Kier molecular flexibility index (Phi) is 7.37. The summed E-state index contributed by atoms with van der Waals surface area (Å²) in [7, 11) is 1.51. The van der Waals surface area contributed by atoms with Crippen LogP contribution in [0.2, 0.25) is 0 Å². The third kappa shape index (κ3) is 5.77. The fourth-order valence-electron chi connectivity index (χ4n) is 2.73. The summed E-state index contributed by atoms with van der Waals surface area (Å²) >= 11 is 2.48. The average molecular weight is 478 g/mol. The molecular weight excluding hydrogens is 459 g/mol. The van der Waals surface area contributed by atoms with Crippen LogP contribution in [-0.2, 0) is 11.9 Å². The van der Waals surface area contributed by atoms with E-state index >= 15 is 0 Å². The van der Waals surface area contributed by atoms with E-state index in [4.69, 9.17) is 4.74 Å². The number of pyridine rings is 1. The van der Waals surface area contributed by atoms with Crippen molar-refractivity contribution in [2.45, 2.75) is 30.8 Å². The summed E-state index contributed by atoms with van der Waals surface area (Å²) in [6, 6.07) is 8.20. The molecule has 11 heteroatoms. The minimum Gasteiger partial charge on any atom is -0.496 e. The topological polar surface area (TPSA) is 83.2 Å². The quantitative estimate of drug-likeness (QED) is 0.263. The normalized spacial score (nSPS) is 11.5. The number of alkyl halides is 3. The number of ether oxygens (including phenoxy) is 1. The Hall–Kier alpha value is -3.10. The first-order valence-corrected chi connectivity index (χ1v) is 11.1. The van der Waals surface area contributed by atoms with E-state index in [0.717, 1.165) is 34.6 Å². The Labute approximate surface area is 191 Å². The van der Waals surface area contributed by atoms with Gasteiger partial charge in [0.25, 0.3) is 0 Å². The highest BCUT2D eigenvalue weighted by atomic mass is 32.2. The van der Waals surface area contributed by atoms with Gasteiger partial charge in [-0.05, 0) is 49.2 Å². The summed E-state index contributed by atoms with van der Waals surface area (Å²) in [5.41, 5.74) is 4.57. The number of benzene rings is 1. The molecule has 0 spiro atoms. The Morgan fingerprint density at radius 3 is 2.69 bits per heavy atom. The zero-order chi connectivity index (χ0) is 23.3. The van der Waals surface area contributed by atoms with Crippen LogP contribution in [0.5, 0.6) is 5.75 Å². The predicted molar refractivity (Wildman–Crippen MR) is 119 cm³/mol. The number of nitrogens with one attached hydrogen (secondary N) is 1. The average Bonchev–Trinajstić information content (AvgIpc) is 3.16. The SMILES string of the molecule is COc1ccc(C=NNc2nc(C)cs2)cc1CSc1nc(C(F)(F)F)cc(C)c1C#N. The number of nitrogens with zero attached hydrogens (tertiary/aromatic N) is 4. The number of aryl methyl sites for hydroxylation is 2. The van der Waals surface area contributed by atoms with Crippen molar-refractivity contribution in [1.82, 2.24) is 9.97 Å². The van der Waals surface area contributed by atoms with Gasteiger partial charge in [0.15, 0.2) is 0 Å². The molecule has 0 unspecified atom stereocenters. The minimum absolute atomic E-state index is 0.0294. The molecule has 0 aliphatic rings. The Morgan fingerprint density at radius 2 is 2.06 bits per heavy atom. The van der Waals surface area contributed by atoms with Crippen LogP contribution >= 0.6 is 23.1 Å². The number of hydrazone groups is 1. The van der Waals surface area contributed by atoms with E-state index < -0.39 is 11.9 Å². The molecule has 0 saturated heterocycles. The molecule has 0 aliphatic heterocycles. The van der Waals surface area contributed by atoms with E-state index in [1.54, 1.807) is 18.3 Å². The second kappa shape index (κ2) is 10.0. The van der Waals surface area contributed by atoms with E-state index in [9.17, 15) is 18.4 Å². The first kappa shape index (κ1) is 23.6. The Balaban J connectivity index is 1.82. The highest BCUT2D eigenvalue weighted by Crippen LogP contribution is 2.35. The zero-order valence-corrected chi connectivity index (χ0v) is 19.0. The summed E-state index contributed by atoms with van der Waals surface area (Å²) < 4.78 is 44.9. The number of nitriles is 1. The van der Waals surface area contributed by atoms with Gasteiger partial charge in [0.2, 0.25) is 5.13 Å². The number of anilines is 1. The molecule has 0 atom stereocenters. The third-order valence-electron chi connectivity index (χ3n) is 4.25. The molecule has 1 aromatic carbocycles. The molecule has 0 aliphatic carbocycles. The zero-order valence-electron chi connectivity index (χ0n) is 17.3. The largest absolute Gasteiger partial charge is 0.496 e. The van der Waals surface area contributed by atoms with Crippen LogP contribution < -0.4 is 10.2 Å². The van der Waals surface area contributed by atoms with Crippen molar-refractivity contribution < 1.29 is 17.9 Å². The summed E-state index contributed by atoms with van der Waals surface area (Å²) in [4.78, 5) is 7.94. The molecule has 3 aromatic rings. The predicted octanol–water partition coefficient (Wildman–Crippen LogP) is 5.79. The summed E-state index contributed by atoms with van der Waals surface area (Å²) in [6.45, 7) is 3.35. The first-order chi connectivity index (χ1) is 15.2. The van der Waals surface area contributed by atoms with Gasteiger partial charge in [-0.1, -0.05) is 0 Å². The summed E-state index contributed by atoms with van der Waals surface area (Å²) in [5, 5.41) is 16.1. The van der Waals surface area contributed by atoms with Crippen LogP contribution in [0.3, 0.4) is 0 Å². The molecule has 6 nitrogen and oxygen atoms in total. The number of aromatic nitrogens is 2. The van der Waals surface area contributed by atoms with Crippen LogP contribution in [0, 0.1) is 25.2 Å². The molecule has 2 heterocycles. The Morgan fingerprint density at radius 1 is 1.28 bits per heavy atom. The van der Waals surface area contributed by atoms with E-state index in [2.05, 4.69) is 20.5 Å². The highest BCUT2D eigenvalue weighted by Gasteiger charge is 2.34. The van der Waals surface area contributed by atoms with Gasteiger partial charge in [0, 0.05) is 16.7 Å². The van der Waals surface area contributed by atoms with Crippen LogP contribution in [0.4, 0.5) is 18.3 Å². The van der Waals surface area contributed by atoms with E-state index in [1.807, 2.05) is 24.4 Å². The number of hydrogen-bond donors (Lipinski definition) is 1. The Bertz CT molecular complexity index is 1190. The summed E-state index contributed by atoms with van der Waals surface area (Å²) in [6.07, 6.45) is -2.98. The number of thioether (sulfide) groups is 1. The standard InChI is InChI=1S/C21H18F3N5OS2/c1-12-6-18(21(22,23)24)28-19(16(12)8-25)31-11-15-7-14(4-5-17(15)30-3)9-26-29-20-27-13(2)10-32-20/h4-7,9-10H,11H2,1-3H3,(H,27,29). The van der Waals surface area contributed by atoms with E-state index in [1.165, 1.54) is 25.4 Å². The maximum atomic E-state index is 13.2. The highest BCUT2D eigenvalue weighted by molar-refractivity contribution is 7.98. The van der Waals surface area contributed by atoms with Gasteiger partial charge in [-0.3, -0.25) is 5.43 Å². The molecule has 0 bridgehead atoms. The van der Waals surface area contributed by atoms with E-state index in [0.29, 0.717) is 10.9 Å². The fourth-order valence-corrected chi connectivity index (χ4v) is 4.40. The molecule has 1 N–H and O–H groups in total. The number of methoxy groups -OCH3 is 1. The first-order valence-electron chi connectivity index (χ1n) is 9.21. The van der Waals surface area contributed by atoms with Crippen molar-refractivity contribution in [3.05, 3.63) is 63.3 Å². The van der Waals surface area contributed by atoms with Crippen molar-refractivity contribution >= 4 is 34.4 Å². The fraction of sp³-hybridized carbons (Fsp3) is 0.238. The molecule has 0 amide bonds. The van der Waals surface area contributed by atoms with Gasteiger partial charge in [0.1, 0.15) is 22.5 Å². The molecule has 0 saturated carbocycles. The van der Waals surface area contributed by atoms with Gasteiger partial charge in [-0.25, -0.2) is 9.97 Å². The second-order valence-corrected chi connectivity index (χ2v) is 8.46. The van der Waals surface area contributed by atoms with Gasteiger partial charge in [-0.2, -0.15) is 23.5 Å². The molecular formula is C21H18F3N5OS2. The van der Waals surface area contributed by atoms with Crippen molar-refractivity contribution in [2.75, 3.05) is 12.5 Å². The molecule has 3 rings (SSSR count). The maximum Gasteiger partial charge on any atom is 0.433 e.